The molecule has 0 unspecified atom stereocenters. The van der Waals surface area contributed by atoms with E-state index >= 15 is 0 Å². The number of carbonyl (C=O) groups excluding carboxylic acids is 1. The Morgan fingerprint density at radius 1 is 1.00 bits per heavy atom. The number of furan rings is 1. The van der Waals surface area contributed by atoms with E-state index in [4.69, 9.17) is 4.42 Å². The van der Waals surface area contributed by atoms with E-state index in [-0.39, 0.29) is 22.8 Å². The molecule has 1 fully saturated rings. The van der Waals surface area contributed by atoms with Crippen molar-refractivity contribution in [1.29, 1.82) is 0 Å². The zero-order chi connectivity index (χ0) is 24.0. The summed E-state index contributed by atoms with van der Waals surface area (Å²) in [4.78, 5) is 12.8. The summed E-state index contributed by atoms with van der Waals surface area (Å²) in [7, 11) is 0. The van der Waals surface area contributed by atoms with Crippen molar-refractivity contribution in [2.75, 3.05) is 26.2 Å². The highest BCUT2D eigenvalue weighted by molar-refractivity contribution is 5.91. The fourth-order valence-corrected chi connectivity index (χ4v) is 5.54. The molecule has 1 aliphatic heterocycles. The lowest BCUT2D eigenvalue weighted by molar-refractivity contribution is 0.0388. The van der Waals surface area contributed by atoms with Crippen molar-refractivity contribution in [3.05, 3.63) is 58.0 Å². The standard InChI is InChI=1S/C28H41N3O2/c1-8-30-17-21(18-31(30)9-2)29-26(32)25-11-10-22(33-25)15-20-16-24-23(14-19(20)3)27(4,5)12-13-28(24,6)7/h10-11,14,16,21H,8-9,12-13,15,17-18H2,1-7H3,(H,29,32). The van der Waals surface area contributed by atoms with Crippen LogP contribution in [-0.4, -0.2) is 48.1 Å². The first-order chi connectivity index (χ1) is 15.5. The van der Waals surface area contributed by atoms with E-state index in [9.17, 15) is 4.79 Å². The molecule has 33 heavy (non-hydrogen) atoms. The number of hydrogen-bond donors (Lipinski definition) is 1. The normalized spacial score (nSPS) is 20.7. The molecule has 5 nitrogen and oxygen atoms in total. The predicted octanol–water partition coefficient (Wildman–Crippen LogP) is 5.20. The highest BCUT2D eigenvalue weighted by Gasteiger charge is 2.37. The van der Waals surface area contributed by atoms with Gasteiger partial charge in [-0.25, -0.2) is 10.0 Å². The van der Waals surface area contributed by atoms with Gasteiger partial charge in [0.15, 0.2) is 5.76 Å². The number of carbonyl (C=O) groups is 1. The first-order valence-electron chi connectivity index (χ1n) is 12.6. The minimum atomic E-state index is -0.120. The number of fused-ring (bicyclic) bond motifs is 1. The van der Waals surface area contributed by atoms with Gasteiger partial charge in [-0.2, -0.15) is 0 Å². The minimum absolute atomic E-state index is 0.120. The topological polar surface area (TPSA) is 48.7 Å². The Morgan fingerprint density at radius 2 is 1.58 bits per heavy atom. The van der Waals surface area contributed by atoms with Crippen molar-refractivity contribution >= 4 is 5.91 Å². The van der Waals surface area contributed by atoms with E-state index < -0.39 is 0 Å². The lowest BCUT2D eigenvalue weighted by atomic mass is 9.62. The van der Waals surface area contributed by atoms with Crippen LogP contribution in [0.3, 0.4) is 0 Å². The second-order valence-electron chi connectivity index (χ2n) is 11.2. The summed E-state index contributed by atoms with van der Waals surface area (Å²) < 4.78 is 6.02. The van der Waals surface area contributed by atoms with Gasteiger partial charge in [0, 0.05) is 32.6 Å². The monoisotopic (exact) mass is 451 g/mol. The zero-order valence-electron chi connectivity index (χ0n) is 21.5. The second-order valence-corrected chi connectivity index (χ2v) is 11.2. The molecular weight excluding hydrogens is 410 g/mol. The van der Waals surface area contributed by atoms with Crippen LogP contribution in [-0.2, 0) is 17.3 Å². The van der Waals surface area contributed by atoms with E-state index in [1.807, 2.05) is 12.1 Å². The summed E-state index contributed by atoms with van der Waals surface area (Å²) in [5, 5.41) is 7.74. The number of benzene rings is 1. The van der Waals surface area contributed by atoms with Crippen LogP contribution in [0, 0.1) is 6.92 Å². The van der Waals surface area contributed by atoms with Crippen LogP contribution in [0.15, 0.2) is 28.7 Å². The van der Waals surface area contributed by atoms with Crippen molar-refractivity contribution in [1.82, 2.24) is 15.3 Å². The maximum absolute atomic E-state index is 12.8. The number of aryl methyl sites for hydroxylation is 1. The number of likely N-dealkylation sites (N-methyl/N-ethyl adjacent to an activating group) is 2. The fraction of sp³-hybridized carbons (Fsp3) is 0.607. The van der Waals surface area contributed by atoms with E-state index in [1.165, 1.54) is 35.1 Å². The quantitative estimate of drug-likeness (QED) is 0.656. The number of amides is 1. The van der Waals surface area contributed by atoms with E-state index in [1.54, 1.807) is 0 Å². The summed E-state index contributed by atoms with van der Waals surface area (Å²) in [6.45, 7) is 19.6. The van der Waals surface area contributed by atoms with Gasteiger partial charge in [-0.15, -0.1) is 0 Å². The molecule has 0 radical (unpaired) electrons. The molecule has 5 heteroatoms. The molecule has 1 N–H and O–H groups in total. The number of hydrogen-bond acceptors (Lipinski definition) is 4. The third-order valence-electron chi connectivity index (χ3n) is 7.89. The van der Waals surface area contributed by atoms with Gasteiger partial charge < -0.3 is 9.73 Å². The van der Waals surface area contributed by atoms with E-state index in [0.717, 1.165) is 31.9 Å². The average molecular weight is 452 g/mol. The van der Waals surface area contributed by atoms with Gasteiger partial charge in [0.25, 0.3) is 5.91 Å². The van der Waals surface area contributed by atoms with Gasteiger partial charge >= 0.3 is 0 Å². The number of rotatable bonds is 6. The summed E-state index contributed by atoms with van der Waals surface area (Å²) >= 11 is 0. The van der Waals surface area contributed by atoms with Gasteiger partial charge in [-0.1, -0.05) is 53.7 Å². The Morgan fingerprint density at radius 3 is 2.15 bits per heavy atom. The predicted molar refractivity (Wildman–Crippen MR) is 134 cm³/mol. The summed E-state index contributed by atoms with van der Waals surface area (Å²) in [6.07, 6.45) is 3.13. The lowest BCUT2D eigenvalue weighted by Crippen LogP contribution is -2.38. The molecule has 2 aromatic rings. The molecule has 0 spiro atoms. The van der Waals surface area contributed by atoms with Crippen molar-refractivity contribution in [3.63, 3.8) is 0 Å². The molecule has 4 rings (SSSR count). The molecular formula is C28H41N3O2. The van der Waals surface area contributed by atoms with Gasteiger partial charge in [0.05, 0.1) is 6.04 Å². The number of nitrogens with one attached hydrogen (secondary N) is 1. The molecule has 0 atom stereocenters. The lowest BCUT2D eigenvalue weighted by Gasteiger charge is -2.42. The number of hydrazine groups is 1. The molecule has 2 aliphatic rings. The Balaban J connectivity index is 1.48. The Labute approximate surface area is 199 Å². The summed E-state index contributed by atoms with van der Waals surface area (Å²) in [5.41, 5.74) is 5.93. The van der Waals surface area contributed by atoms with Crippen LogP contribution in [0.5, 0.6) is 0 Å². The molecule has 0 saturated carbocycles. The summed E-state index contributed by atoms with van der Waals surface area (Å²) in [5.74, 6) is 1.12. The molecule has 180 valence electrons. The highest BCUT2D eigenvalue weighted by Crippen LogP contribution is 2.46. The zero-order valence-corrected chi connectivity index (χ0v) is 21.5. The van der Waals surface area contributed by atoms with Gasteiger partial charge in [-0.3, -0.25) is 4.79 Å². The molecule has 2 heterocycles. The Bertz CT molecular complexity index is 1010. The fourth-order valence-electron chi connectivity index (χ4n) is 5.54. The largest absolute Gasteiger partial charge is 0.456 e. The van der Waals surface area contributed by atoms with Crippen molar-refractivity contribution in [2.45, 2.75) is 84.6 Å². The van der Waals surface area contributed by atoms with Gasteiger partial charge in [-0.05, 0) is 65.0 Å². The Hall–Kier alpha value is -2.11. The van der Waals surface area contributed by atoms with Crippen LogP contribution in [0.25, 0.3) is 0 Å². The average Bonchev–Trinajstić information content (AvgIpc) is 3.39. The van der Waals surface area contributed by atoms with Crippen molar-refractivity contribution in [3.8, 4) is 0 Å². The van der Waals surface area contributed by atoms with Crippen molar-refractivity contribution in [2.24, 2.45) is 0 Å². The SMILES string of the molecule is CCN1CC(NC(=O)c2ccc(Cc3cc4c(cc3C)C(C)(C)CCC4(C)C)o2)CN1CC. The molecule has 1 amide bonds. The molecule has 1 aromatic carbocycles. The van der Waals surface area contributed by atoms with Crippen molar-refractivity contribution < 1.29 is 9.21 Å². The van der Waals surface area contributed by atoms with Crippen LogP contribution < -0.4 is 5.32 Å². The van der Waals surface area contributed by atoms with E-state index in [0.29, 0.717) is 12.2 Å². The summed E-state index contributed by atoms with van der Waals surface area (Å²) in [6, 6.07) is 8.68. The van der Waals surface area contributed by atoms with Crippen LogP contribution in [0.2, 0.25) is 0 Å². The number of nitrogens with zero attached hydrogens (tertiary/aromatic N) is 2. The first kappa shape index (κ1) is 24.0. The maximum Gasteiger partial charge on any atom is 0.287 e. The highest BCUT2D eigenvalue weighted by atomic mass is 16.3. The molecule has 0 bridgehead atoms. The van der Waals surface area contributed by atoms with Crippen LogP contribution in [0.1, 0.15) is 93.0 Å². The van der Waals surface area contributed by atoms with Gasteiger partial charge in [0.2, 0.25) is 0 Å². The molecule has 1 aromatic heterocycles. The third kappa shape index (κ3) is 4.76. The van der Waals surface area contributed by atoms with Crippen LogP contribution >= 0.6 is 0 Å². The molecule has 1 aliphatic carbocycles. The van der Waals surface area contributed by atoms with Crippen LogP contribution in [0.4, 0.5) is 0 Å². The van der Waals surface area contributed by atoms with Gasteiger partial charge in [0.1, 0.15) is 5.76 Å². The van der Waals surface area contributed by atoms with E-state index in [2.05, 4.69) is 75.9 Å². The third-order valence-corrected chi connectivity index (χ3v) is 7.89. The molecule has 1 saturated heterocycles. The first-order valence-corrected chi connectivity index (χ1v) is 12.6. The minimum Gasteiger partial charge on any atom is -0.456 e. The Kier molecular flexibility index (Phi) is 6.49. The maximum atomic E-state index is 12.8. The second kappa shape index (κ2) is 8.92. The smallest absolute Gasteiger partial charge is 0.287 e.